The zero-order chi connectivity index (χ0) is 15.9. The lowest BCUT2D eigenvalue weighted by atomic mass is 9.88. The predicted molar refractivity (Wildman–Crippen MR) is 92.1 cm³/mol. The first-order chi connectivity index (χ1) is 10.5. The van der Waals surface area contributed by atoms with Gasteiger partial charge in [-0.2, -0.15) is 5.26 Å². The average molecular weight is 376 g/mol. The molecule has 2 aromatic rings. The molecule has 22 heavy (non-hydrogen) atoms. The van der Waals surface area contributed by atoms with Gasteiger partial charge in [0.15, 0.2) is 0 Å². The van der Waals surface area contributed by atoms with Gasteiger partial charge in [0.2, 0.25) is 5.88 Å². The van der Waals surface area contributed by atoms with Gasteiger partial charge in [0.05, 0.1) is 5.92 Å². The second-order valence-electron chi connectivity index (χ2n) is 5.21. The van der Waals surface area contributed by atoms with E-state index in [-0.39, 0.29) is 11.8 Å². The van der Waals surface area contributed by atoms with E-state index >= 15 is 0 Å². The first kappa shape index (κ1) is 14.9. The van der Waals surface area contributed by atoms with Gasteiger partial charge in [-0.15, -0.1) is 11.3 Å². The fourth-order valence-electron chi connectivity index (χ4n) is 2.49. The molecule has 0 fully saturated rings. The molecular weight excluding hydrogens is 362 g/mol. The van der Waals surface area contributed by atoms with Gasteiger partial charge in [0, 0.05) is 46.1 Å². The highest BCUT2D eigenvalue weighted by Gasteiger charge is 2.31. The van der Waals surface area contributed by atoms with Gasteiger partial charge in [-0.1, -0.05) is 6.07 Å². The predicted octanol–water partition coefficient (Wildman–Crippen LogP) is 3.79. The summed E-state index contributed by atoms with van der Waals surface area (Å²) in [4.78, 5) is 3.06. The SMILES string of the molecule is CN(C)c1ccc2c(c1)OC(N)=C(C#N)[C@@H]2c1cc(Br)cs1. The average Bonchev–Trinajstić information content (AvgIpc) is 2.91. The standard InChI is InChI=1S/C16H14BrN3OS/c1-20(2)10-3-4-11-13(6-10)21-16(19)12(7-18)15(11)14-5-9(17)8-22-14/h3-6,8,15H,19H2,1-2H3/t15-/m1/s1. The van der Waals surface area contributed by atoms with Crippen molar-refractivity contribution >= 4 is 33.0 Å². The molecule has 0 unspecified atom stereocenters. The number of nitriles is 1. The van der Waals surface area contributed by atoms with Crippen LogP contribution in [-0.2, 0) is 0 Å². The number of anilines is 1. The molecule has 0 amide bonds. The summed E-state index contributed by atoms with van der Waals surface area (Å²) in [6.07, 6.45) is 0. The molecule has 1 aliphatic heterocycles. The fourth-order valence-corrected chi connectivity index (χ4v) is 4.07. The van der Waals surface area contributed by atoms with Crippen LogP contribution in [0.2, 0.25) is 0 Å². The molecule has 3 rings (SSSR count). The summed E-state index contributed by atoms with van der Waals surface area (Å²) in [6, 6.07) is 10.2. The number of halogens is 1. The van der Waals surface area contributed by atoms with Gasteiger partial charge in [-0.3, -0.25) is 0 Å². The van der Waals surface area contributed by atoms with Gasteiger partial charge in [0.25, 0.3) is 0 Å². The largest absolute Gasteiger partial charge is 0.440 e. The van der Waals surface area contributed by atoms with Gasteiger partial charge in [-0.05, 0) is 28.1 Å². The summed E-state index contributed by atoms with van der Waals surface area (Å²) in [5.74, 6) is 0.707. The van der Waals surface area contributed by atoms with Crippen LogP contribution >= 0.6 is 27.3 Å². The Morgan fingerprint density at radius 1 is 1.36 bits per heavy atom. The van der Waals surface area contributed by atoms with Crippen molar-refractivity contribution in [3.63, 3.8) is 0 Å². The number of allylic oxidation sites excluding steroid dienone is 1. The van der Waals surface area contributed by atoms with Crippen molar-refractivity contribution in [2.24, 2.45) is 5.73 Å². The van der Waals surface area contributed by atoms with Gasteiger partial charge >= 0.3 is 0 Å². The Balaban J connectivity index is 2.18. The number of fused-ring (bicyclic) bond motifs is 1. The lowest BCUT2D eigenvalue weighted by Crippen LogP contribution is -2.21. The molecular formula is C16H14BrN3OS. The lowest BCUT2D eigenvalue weighted by molar-refractivity contribution is 0.394. The molecule has 1 aromatic heterocycles. The van der Waals surface area contributed by atoms with Crippen LogP contribution in [0.15, 0.2) is 45.6 Å². The van der Waals surface area contributed by atoms with Gasteiger partial charge in [0.1, 0.15) is 17.4 Å². The number of hydrogen-bond acceptors (Lipinski definition) is 5. The summed E-state index contributed by atoms with van der Waals surface area (Å²) >= 11 is 5.07. The quantitative estimate of drug-likeness (QED) is 0.866. The van der Waals surface area contributed by atoms with Crippen LogP contribution in [0.5, 0.6) is 5.75 Å². The second-order valence-corrected chi connectivity index (χ2v) is 7.07. The minimum atomic E-state index is -0.179. The number of hydrogen-bond donors (Lipinski definition) is 1. The van der Waals surface area contributed by atoms with Crippen LogP contribution < -0.4 is 15.4 Å². The Bertz CT molecular complexity index is 804. The third-order valence-electron chi connectivity index (χ3n) is 3.59. The van der Waals surface area contributed by atoms with Crippen molar-refractivity contribution in [1.82, 2.24) is 0 Å². The molecule has 2 N–H and O–H groups in total. The molecule has 0 saturated heterocycles. The number of nitrogens with two attached hydrogens (primary N) is 1. The third kappa shape index (κ3) is 2.47. The van der Waals surface area contributed by atoms with Crippen LogP contribution in [0.4, 0.5) is 5.69 Å². The number of benzene rings is 1. The Labute approximate surface area is 141 Å². The first-order valence-electron chi connectivity index (χ1n) is 6.64. The molecule has 112 valence electrons. The maximum atomic E-state index is 9.49. The monoisotopic (exact) mass is 375 g/mol. The second kappa shape index (κ2) is 5.67. The van der Waals surface area contributed by atoms with Crippen LogP contribution in [0.25, 0.3) is 0 Å². The zero-order valence-electron chi connectivity index (χ0n) is 12.1. The van der Waals surface area contributed by atoms with E-state index in [2.05, 4.69) is 22.0 Å². The van der Waals surface area contributed by atoms with E-state index in [9.17, 15) is 5.26 Å². The van der Waals surface area contributed by atoms with Crippen LogP contribution in [0.3, 0.4) is 0 Å². The molecule has 6 heteroatoms. The summed E-state index contributed by atoms with van der Waals surface area (Å²) in [7, 11) is 3.94. The first-order valence-corrected chi connectivity index (χ1v) is 8.31. The Morgan fingerprint density at radius 2 is 2.14 bits per heavy atom. The minimum absolute atomic E-state index is 0.179. The van der Waals surface area contributed by atoms with Crippen molar-refractivity contribution in [3.8, 4) is 11.8 Å². The summed E-state index contributed by atoms with van der Waals surface area (Å²) in [5.41, 5.74) is 8.43. The highest BCUT2D eigenvalue weighted by atomic mass is 79.9. The normalized spacial score (nSPS) is 16.7. The molecule has 1 aromatic carbocycles. The summed E-state index contributed by atoms with van der Waals surface area (Å²) < 4.78 is 6.69. The lowest BCUT2D eigenvalue weighted by Gasteiger charge is -2.26. The molecule has 0 radical (unpaired) electrons. The van der Waals surface area contributed by atoms with Crippen molar-refractivity contribution in [3.05, 3.63) is 56.0 Å². The molecule has 0 saturated carbocycles. The maximum absolute atomic E-state index is 9.49. The number of nitrogens with zero attached hydrogens (tertiary/aromatic N) is 2. The number of rotatable bonds is 2. The Hall–Kier alpha value is -1.97. The fraction of sp³-hybridized carbons (Fsp3) is 0.188. The summed E-state index contributed by atoms with van der Waals surface area (Å²) in [5, 5.41) is 11.5. The summed E-state index contributed by atoms with van der Waals surface area (Å²) in [6.45, 7) is 0. The van der Waals surface area contributed by atoms with Gasteiger partial charge < -0.3 is 15.4 Å². The molecule has 1 atom stereocenters. The molecule has 4 nitrogen and oxygen atoms in total. The maximum Gasteiger partial charge on any atom is 0.205 e. The Kier molecular flexibility index (Phi) is 3.85. The highest BCUT2D eigenvalue weighted by molar-refractivity contribution is 9.10. The van der Waals surface area contributed by atoms with Crippen molar-refractivity contribution in [2.45, 2.75) is 5.92 Å². The van der Waals surface area contributed by atoms with Crippen molar-refractivity contribution < 1.29 is 4.74 Å². The topological polar surface area (TPSA) is 62.3 Å². The van der Waals surface area contributed by atoms with E-state index < -0.39 is 0 Å². The zero-order valence-corrected chi connectivity index (χ0v) is 14.5. The van der Waals surface area contributed by atoms with E-state index in [0.717, 1.165) is 20.6 Å². The smallest absolute Gasteiger partial charge is 0.205 e. The van der Waals surface area contributed by atoms with E-state index in [1.54, 1.807) is 11.3 Å². The number of thiophene rings is 1. The van der Waals surface area contributed by atoms with E-state index in [4.69, 9.17) is 10.5 Å². The number of ether oxygens (including phenoxy) is 1. The van der Waals surface area contributed by atoms with Crippen molar-refractivity contribution in [1.29, 1.82) is 5.26 Å². The third-order valence-corrected chi connectivity index (χ3v) is 5.35. The van der Waals surface area contributed by atoms with Crippen LogP contribution in [0, 0.1) is 11.3 Å². The molecule has 2 heterocycles. The van der Waals surface area contributed by atoms with E-state index in [1.807, 2.05) is 48.6 Å². The molecule has 0 spiro atoms. The molecule has 1 aliphatic rings. The van der Waals surface area contributed by atoms with Gasteiger partial charge in [-0.25, -0.2) is 0 Å². The Morgan fingerprint density at radius 3 is 2.73 bits per heavy atom. The van der Waals surface area contributed by atoms with E-state index in [1.165, 1.54) is 0 Å². The molecule has 0 aliphatic carbocycles. The minimum Gasteiger partial charge on any atom is -0.440 e. The molecule has 0 bridgehead atoms. The van der Waals surface area contributed by atoms with E-state index in [0.29, 0.717) is 11.3 Å². The highest BCUT2D eigenvalue weighted by Crippen LogP contribution is 2.45. The van der Waals surface area contributed by atoms with Crippen LogP contribution in [0.1, 0.15) is 16.4 Å². The van der Waals surface area contributed by atoms with Crippen LogP contribution in [-0.4, -0.2) is 14.1 Å². The van der Waals surface area contributed by atoms with Crippen molar-refractivity contribution in [2.75, 3.05) is 19.0 Å².